The molecular weight excluding hydrogens is 232 g/mol. The Kier molecular flexibility index (Phi) is 2.67. The molecule has 2 heteroatoms. The number of furan rings is 1. The molecule has 1 heterocycles. The van der Waals surface area contributed by atoms with Crippen molar-refractivity contribution >= 4 is 22.6 Å². The molecule has 1 aliphatic carbocycles. The number of hydrogen-bond acceptors (Lipinski definition) is 1. The molecule has 1 aromatic heterocycles. The summed E-state index contributed by atoms with van der Waals surface area (Å²) in [6.07, 6.45) is 2.25. The lowest BCUT2D eigenvalue weighted by molar-refractivity contribution is 0.434. The van der Waals surface area contributed by atoms with Crippen LogP contribution in [-0.2, 0) is 0 Å². The van der Waals surface area contributed by atoms with Gasteiger partial charge in [0, 0.05) is 16.7 Å². The Morgan fingerprint density at radius 1 is 1.24 bits per heavy atom. The fraction of sp³-hybridized carbons (Fsp3) is 0.467. The average Bonchev–Trinajstić information content (AvgIpc) is 2.83. The Morgan fingerprint density at radius 2 is 2.06 bits per heavy atom. The largest absolute Gasteiger partial charge is 0.461 e. The Balaban J connectivity index is 2.01. The maximum Gasteiger partial charge on any atom is 0.134 e. The average molecular weight is 249 g/mol. The van der Waals surface area contributed by atoms with Crippen molar-refractivity contribution in [2.75, 3.05) is 0 Å². The minimum atomic E-state index is 0.301. The van der Waals surface area contributed by atoms with Crippen LogP contribution in [0.5, 0.6) is 0 Å². The zero-order valence-corrected chi connectivity index (χ0v) is 11.0. The van der Waals surface area contributed by atoms with Gasteiger partial charge >= 0.3 is 0 Å². The first-order valence-electron chi connectivity index (χ1n) is 6.29. The highest BCUT2D eigenvalue weighted by Crippen LogP contribution is 2.43. The molecule has 3 rings (SSSR count). The SMILES string of the molecule is Cc1ccc2oc(C3CCC(Cl)C3C)cc2c1. The van der Waals surface area contributed by atoms with Crippen molar-refractivity contribution in [3.8, 4) is 0 Å². The van der Waals surface area contributed by atoms with Gasteiger partial charge in [0.25, 0.3) is 0 Å². The van der Waals surface area contributed by atoms with Crippen LogP contribution in [0.1, 0.15) is 37.0 Å². The second kappa shape index (κ2) is 4.06. The molecule has 0 radical (unpaired) electrons. The number of hydrogen-bond donors (Lipinski definition) is 0. The van der Waals surface area contributed by atoms with Crippen LogP contribution >= 0.6 is 11.6 Å². The Bertz CT molecular complexity index is 543. The first kappa shape index (κ1) is 11.2. The molecule has 3 unspecified atom stereocenters. The molecule has 1 saturated carbocycles. The highest BCUT2D eigenvalue weighted by molar-refractivity contribution is 6.21. The fourth-order valence-corrected chi connectivity index (χ4v) is 3.19. The molecular formula is C15H17ClO. The van der Waals surface area contributed by atoms with Gasteiger partial charge in [0.15, 0.2) is 0 Å². The molecule has 0 aliphatic heterocycles. The standard InChI is InChI=1S/C15H17ClO/c1-9-3-6-14-11(7-9)8-15(17-14)12-4-5-13(16)10(12)2/h3,6-8,10,12-13H,4-5H2,1-2H3. The second-order valence-electron chi connectivity index (χ2n) is 5.25. The molecule has 1 nitrogen and oxygen atoms in total. The molecule has 0 amide bonds. The van der Waals surface area contributed by atoms with Crippen LogP contribution in [0.25, 0.3) is 11.0 Å². The van der Waals surface area contributed by atoms with E-state index in [2.05, 4.69) is 38.1 Å². The van der Waals surface area contributed by atoms with Crippen LogP contribution in [0.3, 0.4) is 0 Å². The molecule has 3 atom stereocenters. The fourth-order valence-electron chi connectivity index (χ4n) is 2.88. The van der Waals surface area contributed by atoms with E-state index in [0.29, 0.717) is 17.2 Å². The first-order valence-corrected chi connectivity index (χ1v) is 6.73. The van der Waals surface area contributed by atoms with E-state index < -0.39 is 0 Å². The molecule has 2 aromatic rings. The van der Waals surface area contributed by atoms with Gasteiger partial charge in [0.2, 0.25) is 0 Å². The summed E-state index contributed by atoms with van der Waals surface area (Å²) >= 11 is 6.29. The van der Waals surface area contributed by atoms with Crippen LogP contribution < -0.4 is 0 Å². The summed E-state index contributed by atoms with van der Waals surface area (Å²) in [7, 11) is 0. The number of rotatable bonds is 1. The summed E-state index contributed by atoms with van der Waals surface area (Å²) in [6, 6.07) is 8.53. The van der Waals surface area contributed by atoms with Crippen molar-refractivity contribution in [1.82, 2.24) is 0 Å². The van der Waals surface area contributed by atoms with E-state index in [9.17, 15) is 0 Å². The number of aryl methyl sites for hydroxylation is 1. The van der Waals surface area contributed by atoms with Gasteiger partial charge in [-0.1, -0.05) is 18.6 Å². The number of halogens is 1. The van der Waals surface area contributed by atoms with E-state index in [-0.39, 0.29) is 0 Å². The summed E-state index contributed by atoms with van der Waals surface area (Å²) in [4.78, 5) is 0. The van der Waals surface area contributed by atoms with Gasteiger partial charge < -0.3 is 4.42 Å². The van der Waals surface area contributed by atoms with Crippen LogP contribution in [0.15, 0.2) is 28.7 Å². The zero-order chi connectivity index (χ0) is 12.0. The third kappa shape index (κ3) is 1.87. The summed E-state index contributed by atoms with van der Waals surface area (Å²) in [5.41, 5.74) is 2.27. The van der Waals surface area contributed by atoms with Crippen molar-refractivity contribution in [3.63, 3.8) is 0 Å². The van der Waals surface area contributed by atoms with Gasteiger partial charge in [0.05, 0.1) is 0 Å². The Labute approximate surface area is 107 Å². The van der Waals surface area contributed by atoms with E-state index in [4.69, 9.17) is 16.0 Å². The third-order valence-electron chi connectivity index (χ3n) is 4.01. The molecule has 90 valence electrons. The predicted octanol–water partition coefficient (Wildman–Crippen LogP) is 4.86. The number of fused-ring (bicyclic) bond motifs is 1. The van der Waals surface area contributed by atoms with Gasteiger partial charge in [-0.05, 0) is 43.9 Å². The summed E-state index contributed by atoms with van der Waals surface area (Å²) in [5, 5.41) is 1.51. The van der Waals surface area contributed by atoms with Crippen molar-refractivity contribution < 1.29 is 4.42 Å². The highest BCUT2D eigenvalue weighted by Gasteiger charge is 2.34. The third-order valence-corrected chi connectivity index (χ3v) is 4.63. The molecule has 0 bridgehead atoms. The summed E-state index contributed by atoms with van der Waals surface area (Å²) in [5.74, 6) is 2.12. The summed E-state index contributed by atoms with van der Waals surface area (Å²) in [6.45, 7) is 4.34. The normalized spacial score (nSPS) is 29.0. The van der Waals surface area contributed by atoms with Gasteiger partial charge in [-0.25, -0.2) is 0 Å². The van der Waals surface area contributed by atoms with Crippen LogP contribution in [0.2, 0.25) is 0 Å². The van der Waals surface area contributed by atoms with Crippen molar-refractivity contribution in [2.45, 2.75) is 38.0 Å². The maximum atomic E-state index is 6.29. The van der Waals surface area contributed by atoms with Crippen molar-refractivity contribution in [2.24, 2.45) is 5.92 Å². The molecule has 1 fully saturated rings. The Morgan fingerprint density at radius 3 is 2.76 bits per heavy atom. The molecule has 0 N–H and O–H groups in total. The number of alkyl halides is 1. The molecule has 0 saturated heterocycles. The molecule has 17 heavy (non-hydrogen) atoms. The zero-order valence-electron chi connectivity index (χ0n) is 10.2. The van der Waals surface area contributed by atoms with E-state index in [1.165, 1.54) is 10.9 Å². The van der Waals surface area contributed by atoms with E-state index in [1.54, 1.807) is 0 Å². The molecule has 1 aromatic carbocycles. The van der Waals surface area contributed by atoms with Crippen molar-refractivity contribution in [3.05, 3.63) is 35.6 Å². The van der Waals surface area contributed by atoms with E-state index in [1.807, 2.05) is 0 Å². The lowest BCUT2D eigenvalue weighted by atomic mass is 9.95. The minimum Gasteiger partial charge on any atom is -0.461 e. The maximum absolute atomic E-state index is 6.29. The lowest BCUT2D eigenvalue weighted by Gasteiger charge is -2.14. The predicted molar refractivity (Wildman–Crippen MR) is 71.7 cm³/mol. The lowest BCUT2D eigenvalue weighted by Crippen LogP contribution is -2.08. The first-order chi connectivity index (χ1) is 8.15. The number of benzene rings is 1. The highest BCUT2D eigenvalue weighted by atomic mass is 35.5. The topological polar surface area (TPSA) is 13.1 Å². The van der Waals surface area contributed by atoms with E-state index in [0.717, 1.165) is 24.2 Å². The second-order valence-corrected chi connectivity index (χ2v) is 5.81. The van der Waals surface area contributed by atoms with Gasteiger partial charge in [-0.2, -0.15) is 0 Å². The van der Waals surface area contributed by atoms with Crippen LogP contribution in [-0.4, -0.2) is 5.38 Å². The van der Waals surface area contributed by atoms with Crippen LogP contribution in [0, 0.1) is 12.8 Å². The van der Waals surface area contributed by atoms with Gasteiger partial charge in [-0.3, -0.25) is 0 Å². The summed E-state index contributed by atoms with van der Waals surface area (Å²) < 4.78 is 5.97. The van der Waals surface area contributed by atoms with E-state index >= 15 is 0 Å². The minimum absolute atomic E-state index is 0.301. The van der Waals surface area contributed by atoms with Crippen molar-refractivity contribution in [1.29, 1.82) is 0 Å². The smallest absolute Gasteiger partial charge is 0.134 e. The Hall–Kier alpha value is -0.950. The quantitative estimate of drug-likeness (QED) is 0.657. The van der Waals surface area contributed by atoms with Gasteiger partial charge in [-0.15, -0.1) is 11.6 Å². The molecule has 0 spiro atoms. The van der Waals surface area contributed by atoms with Crippen LogP contribution in [0.4, 0.5) is 0 Å². The monoisotopic (exact) mass is 248 g/mol. The molecule has 1 aliphatic rings. The van der Waals surface area contributed by atoms with Gasteiger partial charge in [0.1, 0.15) is 11.3 Å².